The van der Waals surface area contributed by atoms with Crippen molar-refractivity contribution in [3.05, 3.63) is 0 Å². The molecule has 0 aromatic carbocycles. The summed E-state index contributed by atoms with van der Waals surface area (Å²) in [7, 11) is 0. The number of Topliss-reactive ketones (excluding diaryl/α,β-unsaturated/α-hetero) is 2. The van der Waals surface area contributed by atoms with E-state index >= 15 is 0 Å². The zero-order valence-electron chi connectivity index (χ0n) is 19.7. The minimum atomic E-state index is -0.864. The number of ketones is 2. The summed E-state index contributed by atoms with van der Waals surface area (Å²) in [4.78, 5) is 54.5. The second kappa shape index (κ2) is 20.5. The lowest BCUT2D eigenvalue weighted by molar-refractivity contribution is -0.258. The van der Waals surface area contributed by atoms with E-state index in [2.05, 4.69) is 9.78 Å². The van der Waals surface area contributed by atoms with Crippen molar-refractivity contribution in [2.75, 3.05) is 0 Å². The topological polar surface area (TPSA) is 86.7 Å². The molecule has 32 heavy (non-hydrogen) atoms. The van der Waals surface area contributed by atoms with E-state index in [0.717, 1.165) is 77.0 Å². The van der Waals surface area contributed by atoms with Gasteiger partial charge >= 0.3 is 11.9 Å². The molecular formula is C24H40Cl2O6. The fourth-order valence-electron chi connectivity index (χ4n) is 3.23. The fraction of sp³-hybridized carbons (Fsp3) is 0.833. The highest BCUT2D eigenvalue weighted by molar-refractivity contribution is 6.30. The first-order valence-corrected chi connectivity index (χ1v) is 12.8. The molecule has 0 aromatic rings. The minimum absolute atomic E-state index is 0.225. The summed E-state index contributed by atoms with van der Waals surface area (Å²) in [6.07, 6.45) is 13.7. The number of alkyl halides is 2. The van der Waals surface area contributed by atoms with Crippen molar-refractivity contribution < 1.29 is 29.0 Å². The molecule has 0 saturated carbocycles. The van der Waals surface area contributed by atoms with Crippen LogP contribution in [0.15, 0.2) is 0 Å². The Bertz CT molecular complexity index is 505. The lowest BCUT2D eigenvalue weighted by Gasteiger charge is -2.10. The van der Waals surface area contributed by atoms with Crippen molar-refractivity contribution in [3.8, 4) is 0 Å². The first kappa shape index (κ1) is 30.9. The van der Waals surface area contributed by atoms with Gasteiger partial charge in [0.25, 0.3) is 0 Å². The number of halogens is 2. The highest BCUT2D eigenvalue weighted by Crippen LogP contribution is 2.16. The van der Waals surface area contributed by atoms with E-state index in [9.17, 15) is 19.2 Å². The van der Waals surface area contributed by atoms with E-state index in [1.54, 1.807) is 13.8 Å². The fourth-order valence-corrected chi connectivity index (χ4v) is 3.61. The van der Waals surface area contributed by atoms with Crippen LogP contribution >= 0.6 is 23.2 Å². The Morgan fingerprint density at radius 1 is 0.531 bits per heavy atom. The number of carbonyl (C=O) groups excluding carboxylic acids is 4. The second-order valence-corrected chi connectivity index (χ2v) is 9.52. The van der Waals surface area contributed by atoms with E-state index in [-0.39, 0.29) is 11.6 Å². The van der Waals surface area contributed by atoms with Crippen molar-refractivity contribution in [1.82, 2.24) is 0 Å². The van der Waals surface area contributed by atoms with E-state index in [4.69, 9.17) is 23.2 Å². The molecule has 0 N–H and O–H groups in total. The van der Waals surface area contributed by atoms with Gasteiger partial charge in [-0.2, -0.15) is 0 Å². The average molecular weight is 495 g/mol. The Morgan fingerprint density at radius 3 is 1.12 bits per heavy atom. The van der Waals surface area contributed by atoms with Crippen LogP contribution < -0.4 is 0 Å². The molecule has 0 bridgehead atoms. The molecule has 8 heteroatoms. The molecule has 0 aromatic heterocycles. The van der Waals surface area contributed by atoms with E-state index in [0.29, 0.717) is 25.7 Å². The summed E-state index contributed by atoms with van der Waals surface area (Å²) in [6, 6.07) is 0. The van der Waals surface area contributed by atoms with E-state index in [1.807, 2.05) is 0 Å². The zero-order chi connectivity index (χ0) is 24.2. The smallest absolute Gasteiger partial charge is 0.300 e. The van der Waals surface area contributed by atoms with Gasteiger partial charge in [0.1, 0.15) is 22.3 Å². The Balaban J connectivity index is 3.69. The lowest BCUT2D eigenvalue weighted by atomic mass is 10.1. The molecule has 0 aliphatic heterocycles. The number of rotatable bonds is 20. The number of hydrogen-bond donors (Lipinski definition) is 0. The van der Waals surface area contributed by atoms with Gasteiger partial charge < -0.3 is 9.59 Å². The molecule has 0 rings (SSSR count). The molecule has 0 aliphatic carbocycles. The Labute approximate surface area is 203 Å². The van der Waals surface area contributed by atoms with Gasteiger partial charge in [-0.05, 0) is 39.5 Å². The first-order chi connectivity index (χ1) is 15.2. The van der Waals surface area contributed by atoms with Crippen LogP contribution in [0, 0.1) is 0 Å². The normalized spacial score (nSPS) is 12.8. The van der Waals surface area contributed by atoms with Crippen molar-refractivity contribution in [3.63, 3.8) is 0 Å². The highest BCUT2D eigenvalue weighted by atomic mass is 35.5. The Morgan fingerprint density at radius 2 is 0.812 bits per heavy atom. The predicted molar refractivity (Wildman–Crippen MR) is 127 cm³/mol. The summed E-state index contributed by atoms with van der Waals surface area (Å²) in [5, 5.41) is -1.73. The molecule has 0 aliphatic rings. The number of hydrogen-bond acceptors (Lipinski definition) is 6. The zero-order valence-corrected chi connectivity index (χ0v) is 21.2. The highest BCUT2D eigenvalue weighted by Gasteiger charge is 2.23. The molecule has 0 spiro atoms. The van der Waals surface area contributed by atoms with Crippen molar-refractivity contribution >= 4 is 46.7 Å². The summed E-state index contributed by atoms with van der Waals surface area (Å²) >= 11 is 12.0. The van der Waals surface area contributed by atoms with Crippen LogP contribution in [-0.2, 0) is 29.0 Å². The van der Waals surface area contributed by atoms with Crippen LogP contribution in [0.5, 0.6) is 0 Å². The van der Waals surface area contributed by atoms with Crippen molar-refractivity contribution in [2.45, 2.75) is 127 Å². The summed E-state index contributed by atoms with van der Waals surface area (Å²) in [6.45, 7) is 3.21. The van der Waals surface area contributed by atoms with Gasteiger partial charge in [-0.25, -0.2) is 19.4 Å². The van der Waals surface area contributed by atoms with Gasteiger partial charge in [-0.1, -0.05) is 64.2 Å². The largest absolute Gasteiger partial charge is 0.373 e. The number of carbonyl (C=O) groups is 4. The molecule has 2 atom stereocenters. The lowest BCUT2D eigenvalue weighted by Crippen LogP contribution is -2.24. The maximum absolute atomic E-state index is 11.8. The van der Waals surface area contributed by atoms with Gasteiger partial charge in [0, 0.05) is 12.8 Å². The standard InChI is InChI=1S/C24H40Cl2O6/c1-19(27)15-11-7-3-5-9-13-17-21(25)23(29)31-32-24(30)22(26)18-14-10-6-4-8-12-16-20(2)28/h21-22H,3-18H2,1-2H3. The van der Waals surface area contributed by atoms with Crippen molar-refractivity contribution in [1.29, 1.82) is 0 Å². The molecule has 0 fully saturated rings. The first-order valence-electron chi connectivity index (χ1n) is 11.9. The summed E-state index contributed by atoms with van der Waals surface area (Å²) < 4.78 is 0. The van der Waals surface area contributed by atoms with E-state index < -0.39 is 22.7 Å². The third kappa shape index (κ3) is 19.5. The third-order valence-electron chi connectivity index (χ3n) is 5.19. The molecule has 186 valence electrons. The second-order valence-electron chi connectivity index (χ2n) is 8.46. The maximum Gasteiger partial charge on any atom is 0.373 e. The third-order valence-corrected chi connectivity index (χ3v) is 5.98. The van der Waals surface area contributed by atoms with Gasteiger partial charge in [0.2, 0.25) is 0 Å². The van der Waals surface area contributed by atoms with Gasteiger partial charge in [-0.3, -0.25) is 0 Å². The molecule has 6 nitrogen and oxygen atoms in total. The Kier molecular flexibility index (Phi) is 19.7. The minimum Gasteiger partial charge on any atom is -0.300 e. The molecular weight excluding hydrogens is 455 g/mol. The molecule has 0 radical (unpaired) electrons. The quantitative estimate of drug-likeness (QED) is 0.0816. The monoisotopic (exact) mass is 494 g/mol. The van der Waals surface area contributed by atoms with E-state index in [1.165, 1.54) is 0 Å². The van der Waals surface area contributed by atoms with Gasteiger partial charge in [0.05, 0.1) is 0 Å². The predicted octanol–water partition coefficient (Wildman–Crippen LogP) is 6.62. The Hall–Kier alpha value is -1.14. The average Bonchev–Trinajstić information content (AvgIpc) is 2.74. The summed E-state index contributed by atoms with van der Waals surface area (Å²) in [5.41, 5.74) is 0. The van der Waals surface area contributed by atoms with Crippen LogP contribution in [-0.4, -0.2) is 34.3 Å². The molecule has 2 unspecified atom stereocenters. The number of unbranched alkanes of at least 4 members (excludes halogenated alkanes) is 10. The maximum atomic E-state index is 11.8. The van der Waals surface area contributed by atoms with Crippen LogP contribution in [0.3, 0.4) is 0 Å². The van der Waals surface area contributed by atoms with Crippen LogP contribution in [0.25, 0.3) is 0 Å². The van der Waals surface area contributed by atoms with Gasteiger partial charge in [0.15, 0.2) is 0 Å². The van der Waals surface area contributed by atoms with Crippen LogP contribution in [0.1, 0.15) is 117 Å². The molecule has 0 heterocycles. The van der Waals surface area contributed by atoms with Crippen molar-refractivity contribution in [2.24, 2.45) is 0 Å². The van der Waals surface area contributed by atoms with Gasteiger partial charge in [-0.15, -0.1) is 23.2 Å². The van der Waals surface area contributed by atoms with Crippen LogP contribution in [0.2, 0.25) is 0 Å². The molecule has 0 saturated heterocycles. The summed E-state index contributed by atoms with van der Waals surface area (Å²) in [5.74, 6) is -1.11. The SMILES string of the molecule is CC(=O)CCCCCCCCC(Cl)C(=O)OOC(=O)C(Cl)CCCCCCCCC(C)=O. The van der Waals surface area contributed by atoms with Crippen LogP contribution in [0.4, 0.5) is 0 Å². The molecule has 0 amide bonds.